The van der Waals surface area contributed by atoms with Gasteiger partial charge in [-0.3, -0.25) is 24.2 Å². The van der Waals surface area contributed by atoms with Crippen molar-refractivity contribution in [3.63, 3.8) is 0 Å². The number of halogens is 1. The van der Waals surface area contributed by atoms with Crippen molar-refractivity contribution in [3.05, 3.63) is 81.4 Å². The van der Waals surface area contributed by atoms with Crippen LogP contribution in [-0.2, 0) is 44.8 Å². The van der Waals surface area contributed by atoms with Gasteiger partial charge in [-0.25, -0.2) is 9.97 Å². The summed E-state index contributed by atoms with van der Waals surface area (Å²) in [6.07, 6.45) is 8.87. The molecule has 0 bridgehead atoms. The van der Waals surface area contributed by atoms with Gasteiger partial charge in [-0.1, -0.05) is 35.9 Å². The lowest BCUT2D eigenvalue weighted by Crippen LogP contribution is -2.33. The Labute approximate surface area is 327 Å². The lowest BCUT2D eigenvalue weighted by Gasteiger charge is -2.30. The van der Waals surface area contributed by atoms with Crippen LogP contribution >= 0.6 is 11.6 Å². The fourth-order valence-electron chi connectivity index (χ4n) is 8.90. The third kappa shape index (κ3) is 7.81. The SMILES string of the molecule is Cc1c(NC(=O)c2nc3c(n2C)CCN(CC2CC2)C3)cccc1-c1cccc(NC(=O)c2nc3c(n2C)CCN(CC[C@H]2CC[C@H](C(=O)O)CC2)C3)c1Cl. The minimum absolute atomic E-state index is 0.189. The van der Waals surface area contributed by atoms with Crippen LogP contribution in [0.15, 0.2) is 36.4 Å². The summed E-state index contributed by atoms with van der Waals surface area (Å²) >= 11 is 7.03. The Hall–Kier alpha value is -4.52. The van der Waals surface area contributed by atoms with Crippen molar-refractivity contribution < 1.29 is 19.5 Å². The number of fused-ring (bicyclic) bond motifs is 2. The van der Waals surface area contributed by atoms with Crippen molar-refractivity contribution in [2.45, 2.75) is 77.8 Å². The predicted octanol–water partition coefficient (Wildman–Crippen LogP) is 6.69. The number of carboxylic acids is 1. The summed E-state index contributed by atoms with van der Waals surface area (Å²) in [5, 5.41) is 15.8. The highest BCUT2D eigenvalue weighted by molar-refractivity contribution is 6.36. The molecule has 2 saturated carbocycles. The maximum atomic E-state index is 13.7. The molecule has 4 aromatic rings. The highest BCUT2D eigenvalue weighted by Gasteiger charge is 2.31. The third-order valence-electron chi connectivity index (χ3n) is 12.5. The number of hydrogen-bond acceptors (Lipinski definition) is 7. The molecule has 13 heteroatoms. The monoisotopic (exact) mass is 766 g/mol. The fraction of sp³-hybridized carbons (Fsp3) is 0.500. The van der Waals surface area contributed by atoms with Crippen molar-refractivity contribution in [3.8, 4) is 11.1 Å². The van der Waals surface area contributed by atoms with Gasteiger partial charge in [0.05, 0.1) is 28.0 Å². The summed E-state index contributed by atoms with van der Waals surface area (Å²) in [4.78, 5) is 53.1. The molecule has 0 saturated heterocycles. The number of carboxylic acid groups (broad SMARTS) is 1. The lowest BCUT2D eigenvalue weighted by molar-refractivity contribution is -0.143. The van der Waals surface area contributed by atoms with Gasteiger partial charge in [-0.05, 0) is 93.5 Å². The number of nitrogens with one attached hydrogen (secondary N) is 2. The number of anilines is 2. The first-order valence-electron chi connectivity index (χ1n) is 19.8. The molecule has 0 radical (unpaired) electrons. The molecule has 290 valence electrons. The minimum Gasteiger partial charge on any atom is -0.481 e. The number of carbonyl (C=O) groups excluding carboxylic acids is 2. The molecular weight excluding hydrogens is 716 g/mol. The molecule has 0 atom stereocenters. The van der Waals surface area contributed by atoms with Crippen LogP contribution in [0.3, 0.4) is 0 Å². The van der Waals surface area contributed by atoms with Gasteiger partial charge < -0.3 is 24.9 Å². The van der Waals surface area contributed by atoms with E-state index in [9.17, 15) is 19.5 Å². The van der Waals surface area contributed by atoms with Crippen molar-refractivity contribution in [1.29, 1.82) is 0 Å². The molecule has 2 aliphatic heterocycles. The van der Waals surface area contributed by atoms with E-state index in [0.29, 0.717) is 40.5 Å². The summed E-state index contributed by atoms with van der Waals surface area (Å²) in [6.45, 7) is 7.37. The number of amides is 2. The quantitative estimate of drug-likeness (QED) is 0.154. The number of rotatable bonds is 11. The zero-order valence-electron chi connectivity index (χ0n) is 32.0. The van der Waals surface area contributed by atoms with Crippen LogP contribution in [0.2, 0.25) is 5.02 Å². The molecule has 0 spiro atoms. The van der Waals surface area contributed by atoms with Crippen LogP contribution in [0.5, 0.6) is 0 Å². The number of hydrogen-bond donors (Lipinski definition) is 3. The average molecular weight is 767 g/mol. The highest BCUT2D eigenvalue weighted by Crippen LogP contribution is 2.38. The van der Waals surface area contributed by atoms with Crippen LogP contribution in [0.25, 0.3) is 11.1 Å². The molecule has 2 amide bonds. The number of aliphatic carboxylic acids is 1. The van der Waals surface area contributed by atoms with Gasteiger partial charge in [0, 0.05) is 82.3 Å². The Morgan fingerprint density at radius 3 is 1.93 bits per heavy atom. The van der Waals surface area contributed by atoms with Gasteiger partial charge in [0.2, 0.25) is 0 Å². The molecule has 2 aliphatic carbocycles. The van der Waals surface area contributed by atoms with E-state index in [1.54, 1.807) is 6.07 Å². The maximum absolute atomic E-state index is 13.7. The van der Waals surface area contributed by atoms with Gasteiger partial charge in [0.15, 0.2) is 11.6 Å². The zero-order chi connectivity index (χ0) is 38.4. The zero-order valence-corrected chi connectivity index (χ0v) is 32.8. The Morgan fingerprint density at radius 2 is 1.31 bits per heavy atom. The van der Waals surface area contributed by atoms with Gasteiger partial charge in [-0.2, -0.15) is 0 Å². The second-order valence-electron chi connectivity index (χ2n) is 16.1. The maximum Gasteiger partial charge on any atom is 0.306 e. The van der Waals surface area contributed by atoms with E-state index in [-0.39, 0.29) is 17.7 Å². The van der Waals surface area contributed by atoms with Crippen LogP contribution in [0.1, 0.15) is 94.5 Å². The molecule has 2 aromatic carbocycles. The van der Waals surface area contributed by atoms with Gasteiger partial charge in [0.25, 0.3) is 11.8 Å². The van der Waals surface area contributed by atoms with E-state index in [1.807, 2.05) is 60.5 Å². The number of imidazole rings is 2. The molecule has 55 heavy (non-hydrogen) atoms. The first kappa shape index (κ1) is 37.4. The molecule has 12 nitrogen and oxygen atoms in total. The van der Waals surface area contributed by atoms with E-state index in [4.69, 9.17) is 21.6 Å². The van der Waals surface area contributed by atoms with Crippen LogP contribution in [0.4, 0.5) is 11.4 Å². The molecule has 2 fully saturated rings. The molecule has 4 heterocycles. The Bertz CT molecular complexity index is 2130. The largest absolute Gasteiger partial charge is 0.481 e. The van der Waals surface area contributed by atoms with E-state index in [2.05, 4.69) is 20.4 Å². The van der Waals surface area contributed by atoms with E-state index in [0.717, 1.165) is 123 Å². The average Bonchev–Trinajstić information content (AvgIpc) is 3.85. The first-order valence-corrected chi connectivity index (χ1v) is 20.2. The molecule has 3 N–H and O–H groups in total. The van der Waals surface area contributed by atoms with Crippen molar-refractivity contribution in [2.75, 3.05) is 36.8 Å². The molecule has 0 unspecified atom stereocenters. The molecule has 8 rings (SSSR count). The van der Waals surface area contributed by atoms with Crippen LogP contribution in [-0.4, -0.2) is 78.0 Å². The third-order valence-corrected chi connectivity index (χ3v) is 12.9. The van der Waals surface area contributed by atoms with Gasteiger partial charge in [0.1, 0.15) is 0 Å². The van der Waals surface area contributed by atoms with E-state index < -0.39 is 5.97 Å². The topological polar surface area (TPSA) is 138 Å². The number of carbonyl (C=O) groups is 3. The van der Waals surface area contributed by atoms with Gasteiger partial charge in [-0.15, -0.1) is 0 Å². The molecule has 4 aliphatic rings. The fourth-order valence-corrected chi connectivity index (χ4v) is 9.18. The molecule has 2 aromatic heterocycles. The standard InChI is InChI=1S/C42H51ClN8O4/c1-25-29(6-4-8-31(25)46-40(52)38-45-34-24-51(22-27-10-11-27)21-18-36(34)49(38)3)30-7-5-9-32(37(30)43)47-41(53)39-44-33-23-50(20-17-35(33)48(39)2)19-16-26-12-14-28(15-13-26)42(54)55/h4-9,26-28H,10-24H2,1-3H3,(H,46,52)(H,47,53)(H,54,55)/t26-,28-. The Morgan fingerprint density at radius 1 is 0.764 bits per heavy atom. The van der Waals surface area contributed by atoms with Crippen molar-refractivity contribution >= 4 is 40.8 Å². The smallest absolute Gasteiger partial charge is 0.306 e. The van der Waals surface area contributed by atoms with Gasteiger partial charge >= 0.3 is 5.97 Å². The number of benzene rings is 2. The second-order valence-corrected chi connectivity index (χ2v) is 16.5. The number of nitrogens with zero attached hydrogens (tertiary/aromatic N) is 6. The number of aromatic nitrogens is 4. The summed E-state index contributed by atoms with van der Waals surface area (Å²) in [7, 11) is 3.82. The summed E-state index contributed by atoms with van der Waals surface area (Å²) in [5.41, 5.74) is 7.70. The first-order chi connectivity index (χ1) is 26.5. The van der Waals surface area contributed by atoms with E-state index >= 15 is 0 Å². The van der Waals surface area contributed by atoms with E-state index in [1.165, 1.54) is 12.8 Å². The Kier molecular flexibility index (Phi) is 10.6. The molecular formula is C42H51ClN8O4. The van der Waals surface area contributed by atoms with Crippen LogP contribution in [0, 0.1) is 24.7 Å². The van der Waals surface area contributed by atoms with Crippen LogP contribution < -0.4 is 10.6 Å². The van der Waals surface area contributed by atoms with Crippen molar-refractivity contribution in [1.82, 2.24) is 28.9 Å². The van der Waals surface area contributed by atoms with Crippen molar-refractivity contribution in [2.24, 2.45) is 31.8 Å². The lowest BCUT2D eigenvalue weighted by atomic mass is 9.80. The second kappa shape index (κ2) is 15.5. The Balaban J connectivity index is 0.923. The summed E-state index contributed by atoms with van der Waals surface area (Å²) in [5.74, 6) is 0.692. The highest BCUT2D eigenvalue weighted by atomic mass is 35.5. The minimum atomic E-state index is -0.663. The summed E-state index contributed by atoms with van der Waals surface area (Å²) < 4.78 is 3.83. The summed E-state index contributed by atoms with van der Waals surface area (Å²) in [6, 6.07) is 11.3. The predicted molar refractivity (Wildman–Crippen MR) is 212 cm³/mol. The normalized spacial score (nSPS) is 20.1.